The number of rotatable bonds is 9. The second-order valence-electron chi connectivity index (χ2n) is 5.63. The van der Waals surface area contributed by atoms with Crippen LogP contribution in [0.5, 0.6) is 5.75 Å². The van der Waals surface area contributed by atoms with Crippen LogP contribution in [0.1, 0.15) is 37.8 Å². The molecule has 25 heavy (non-hydrogen) atoms. The molecule has 0 saturated carbocycles. The maximum atomic E-state index is 9.10. The quantitative estimate of drug-likeness (QED) is 0.359. The largest absolute Gasteiger partial charge is 0.493 e. The van der Waals surface area contributed by atoms with Gasteiger partial charge in [0.25, 0.3) is 0 Å². The summed E-state index contributed by atoms with van der Waals surface area (Å²) in [4.78, 5) is 18.2. The van der Waals surface area contributed by atoms with Crippen LogP contribution in [0, 0.1) is 6.92 Å². The highest BCUT2D eigenvalue weighted by Gasteiger charge is 2.06. The summed E-state index contributed by atoms with van der Waals surface area (Å²) in [6, 6.07) is 6.88. The van der Waals surface area contributed by atoms with Crippen LogP contribution in [0.4, 0.5) is 0 Å². The van der Waals surface area contributed by atoms with E-state index >= 15 is 0 Å². The number of carbonyl (C=O) groups is 2. The number of nitrogens with one attached hydrogen (secondary N) is 1. The number of ether oxygens (including phenoxy) is 1. The zero-order valence-corrected chi connectivity index (χ0v) is 15.2. The highest BCUT2D eigenvalue weighted by atomic mass is 16.5. The van der Waals surface area contributed by atoms with Gasteiger partial charge in [0.15, 0.2) is 0 Å². The highest BCUT2D eigenvalue weighted by molar-refractivity contribution is 6.27. The summed E-state index contributed by atoms with van der Waals surface area (Å²) in [5.74, 6) is -2.61. The second-order valence-corrected chi connectivity index (χ2v) is 5.63. The van der Waals surface area contributed by atoms with Crippen LogP contribution in [-0.2, 0) is 16.0 Å². The number of carboxylic acid groups (broad SMARTS) is 2. The van der Waals surface area contributed by atoms with Gasteiger partial charge >= 0.3 is 11.9 Å². The molecule has 0 heterocycles. The Labute approximate surface area is 149 Å². The van der Waals surface area contributed by atoms with Crippen LogP contribution < -0.4 is 10.1 Å². The lowest BCUT2D eigenvalue weighted by atomic mass is 10.1. The number of para-hydroxylation sites is 1. The van der Waals surface area contributed by atoms with Crippen molar-refractivity contribution >= 4 is 11.9 Å². The predicted molar refractivity (Wildman–Crippen MR) is 98.2 cm³/mol. The van der Waals surface area contributed by atoms with E-state index in [9.17, 15) is 0 Å². The van der Waals surface area contributed by atoms with Crippen molar-refractivity contribution in [2.75, 3.05) is 13.2 Å². The van der Waals surface area contributed by atoms with Gasteiger partial charge in [-0.05, 0) is 50.8 Å². The molecule has 140 valence electrons. The van der Waals surface area contributed by atoms with E-state index in [4.69, 9.17) is 24.5 Å². The van der Waals surface area contributed by atoms with Gasteiger partial charge in [-0.1, -0.05) is 31.2 Å². The normalized spacial score (nSPS) is 11.0. The van der Waals surface area contributed by atoms with Gasteiger partial charge in [0, 0.05) is 6.04 Å². The van der Waals surface area contributed by atoms with E-state index in [1.54, 1.807) is 0 Å². The highest BCUT2D eigenvalue weighted by Crippen LogP contribution is 2.24. The molecule has 6 nitrogen and oxygen atoms in total. The molecule has 1 rings (SSSR count). The molecule has 0 amide bonds. The Balaban J connectivity index is 0.000000823. The van der Waals surface area contributed by atoms with Gasteiger partial charge < -0.3 is 20.3 Å². The van der Waals surface area contributed by atoms with Crippen LogP contribution >= 0.6 is 0 Å². The topological polar surface area (TPSA) is 95.9 Å². The minimum atomic E-state index is -1.82. The molecule has 0 aromatic heterocycles. The molecular formula is C19H29NO5. The molecule has 0 fully saturated rings. The molecule has 0 radical (unpaired) electrons. The number of hydrogen-bond donors (Lipinski definition) is 3. The smallest absolute Gasteiger partial charge is 0.414 e. The van der Waals surface area contributed by atoms with Crippen molar-refractivity contribution < 1.29 is 24.5 Å². The van der Waals surface area contributed by atoms with Gasteiger partial charge in [-0.25, -0.2) is 9.59 Å². The lowest BCUT2D eigenvalue weighted by molar-refractivity contribution is -0.159. The minimum Gasteiger partial charge on any atom is -0.493 e. The summed E-state index contributed by atoms with van der Waals surface area (Å²) in [7, 11) is 0. The van der Waals surface area contributed by atoms with Crippen molar-refractivity contribution in [3.63, 3.8) is 0 Å². The van der Waals surface area contributed by atoms with E-state index in [0.717, 1.165) is 31.7 Å². The Hall–Kier alpha value is -2.34. The average Bonchev–Trinajstić information content (AvgIpc) is 2.57. The number of aryl methyl sites for hydroxylation is 1. The molecule has 1 unspecified atom stereocenters. The molecule has 1 aromatic rings. The fourth-order valence-corrected chi connectivity index (χ4v) is 1.98. The zero-order valence-electron chi connectivity index (χ0n) is 15.2. The van der Waals surface area contributed by atoms with E-state index in [1.165, 1.54) is 17.5 Å². The van der Waals surface area contributed by atoms with Crippen molar-refractivity contribution in [2.24, 2.45) is 0 Å². The Kier molecular flexibility index (Phi) is 11.8. The molecule has 0 spiro atoms. The molecule has 0 bridgehead atoms. The SMILES string of the molecule is C=CCc1cccc(C)c1OCCCNC(C)CC.O=C(O)C(=O)O. The van der Waals surface area contributed by atoms with E-state index in [1.807, 2.05) is 6.08 Å². The molecule has 0 saturated heterocycles. The van der Waals surface area contributed by atoms with Crippen LogP contribution in [0.2, 0.25) is 0 Å². The van der Waals surface area contributed by atoms with Gasteiger partial charge in [0.05, 0.1) is 6.61 Å². The predicted octanol–water partition coefficient (Wildman–Crippen LogP) is 3.04. The molecule has 0 aliphatic rings. The molecule has 0 aliphatic heterocycles. The van der Waals surface area contributed by atoms with E-state index in [-0.39, 0.29) is 0 Å². The molecule has 1 aromatic carbocycles. The Morgan fingerprint density at radius 3 is 2.48 bits per heavy atom. The fraction of sp³-hybridized carbons (Fsp3) is 0.474. The van der Waals surface area contributed by atoms with Gasteiger partial charge in [-0.3, -0.25) is 0 Å². The number of benzene rings is 1. The minimum absolute atomic E-state index is 0.592. The Bertz CT molecular complexity index is 545. The Morgan fingerprint density at radius 2 is 1.96 bits per heavy atom. The molecular weight excluding hydrogens is 322 g/mol. The van der Waals surface area contributed by atoms with Crippen molar-refractivity contribution in [1.29, 1.82) is 0 Å². The third kappa shape index (κ3) is 10.2. The molecule has 6 heteroatoms. The summed E-state index contributed by atoms with van der Waals surface area (Å²) >= 11 is 0. The number of hydrogen-bond acceptors (Lipinski definition) is 4. The third-order valence-electron chi connectivity index (χ3n) is 3.51. The zero-order chi connectivity index (χ0) is 19.2. The first-order chi connectivity index (χ1) is 11.8. The molecule has 3 N–H and O–H groups in total. The lowest BCUT2D eigenvalue weighted by Gasteiger charge is -2.14. The van der Waals surface area contributed by atoms with Gasteiger partial charge in [-0.2, -0.15) is 0 Å². The van der Waals surface area contributed by atoms with E-state index in [0.29, 0.717) is 6.04 Å². The van der Waals surface area contributed by atoms with E-state index in [2.05, 4.69) is 50.9 Å². The monoisotopic (exact) mass is 351 g/mol. The first-order valence-corrected chi connectivity index (χ1v) is 8.35. The van der Waals surface area contributed by atoms with Gasteiger partial charge in [-0.15, -0.1) is 6.58 Å². The number of aliphatic carboxylic acids is 2. The van der Waals surface area contributed by atoms with Crippen molar-refractivity contribution in [2.45, 2.75) is 46.1 Å². The van der Waals surface area contributed by atoms with Crippen LogP contribution in [0.25, 0.3) is 0 Å². The summed E-state index contributed by atoms with van der Waals surface area (Å²) < 4.78 is 5.95. The third-order valence-corrected chi connectivity index (χ3v) is 3.51. The van der Waals surface area contributed by atoms with Crippen LogP contribution in [0.3, 0.4) is 0 Å². The maximum Gasteiger partial charge on any atom is 0.414 e. The van der Waals surface area contributed by atoms with Crippen molar-refractivity contribution in [3.05, 3.63) is 42.0 Å². The van der Waals surface area contributed by atoms with Gasteiger partial charge in [0.1, 0.15) is 5.75 Å². The van der Waals surface area contributed by atoms with E-state index < -0.39 is 11.9 Å². The van der Waals surface area contributed by atoms with Crippen molar-refractivity contribution in [3.8, 4) is 5.75 Å². The Morgan fingerprint density at radius 1 is 1.32 bits per heavy atom. The van der Waals surface area contributed by atoms with Crippen molar-refractivity contribution in [1.82, 2.24) is 5.32 Å². The summed E-state index contributed by atoms with van der Waals surface area (Å²) in [6.07, 6.45) is 4.99. The van der Waals surface area contributed by atoms with Crippen LogP contribution in [0.15, 0.2) is 30.9 Å². The summed E-state index contributed by atoms with van der Waals surface area (Å²) in [6.45, 7) is 12.1. The summed E-state index contributed by atoms with van der Waals surface area (Å²) in [5.41, 5.74) is 2.43. The first-order valence-electron chi connectivity index (χ1n) is 8.35. The lowest BCUT2D eigenvalue weighted by Crippen LogP contribution is -2.27. The number of carboxylic acids is 2. The van der Waals surface area contributed by atoms with Crippen LogP contribution in [-0.4, -0.2) is 41.3 Å². The molecule has 0 aliphatic carbocycles. The first kappa shape index (κ1) is 22.7. The standard InChI is InChI=1S/C17H27NO.C2H2O4/c1-5-9-16-11-7-10-14(3)17(16)19-13-8-12-18-15(4)6-2;3-1(4)2(5)6/h5,7,10-11,15,18H,1,6,8-9,12-13H2,2-4H3;(H,3,4)(H,5,6). The number of allylic oxidation sites excluding steroid dienone is 1. The second kappa shape index (κ2) is 13.0. The maximum absolute atomic E-state index is 9.10. The summed E-state index contributed by atoms with van der Waals surface area (Å²) in [5, 5.41) is 18.3. The fourth-order valence-electron chi connectivity index (χ4n) is 1.98. The van der Waals surface area contributed by atoms with Gasteiger partial charge in [0.2, 0.25) is 0 Å². The average molecular weight is 351 g/mol. The molecule has 1 atom stereocenters.